The molecule has 3 rings (SSSR count). The molecule has 20 heavy (non-hydrogen) atoms. The third kappa shape index (κ3) is 2.67. The number of aldehydes is 1. The molecule has 2 aromatic carbocycles. The number of pyridine rings is 1. The maximum atomic E-state index is 10.7. The van der Waals surface area contributed by atoms with E-state index in [-0.39, 0.29) is 0 Å². The summed E-state index contributed by atoms with van der Waals surface area (Å²) in [5, 5.41) is 0.932. The van der Waals surface area contributed by atoms with E-state index in [1.165, 1.54) is 0 Å². The maximum Gasteiger partial charge on any atom is 0.214 e. The lowest BCUT2D eigenvalue weighted by molar-refractivity contribution is 0.112. The van der Waals surface area contributed by atoms with E-state index in [9.17, 15) is 4.79 Å². The molecule has 1 aromatic heterocycles. The fourth-order valence-electron chi connectivity index (χ4n) is 2.01. The Balaban J connectivity index is 1.81. The molecule has 0 aliphatic carbocycles. The monoisotopic (exact) mass is 263 g/mol. The van der Waals surface area contributed by atoms with Gasteiger partial charge in [-0.25, -0.2) is 4.98 Å². The number of hydrogen-bond donors (Lipinski definition) is 0. The van der Waals surface area contributed by atoms with Crippen LogP contribution >= 0.6 is 0 Å². The number of benzene rings is 2. The van der Waals surface area contributed by atoms with Gasteiger partial charge in [0.1, 0.15) is 12.9 Å². The minimum Gasteiger partial charge on any atom is -0.473 e. The highest BCUT2D eigenvalue weighted by molar-refractivity contribution is 5.86. The largest absolute Gasteiger partial charge is 0.473 e. The Labute approximate surface area is 116 Å². The van der Waals surface area contributed by atoms with Gasteiger partial charge in [0.2, 0.25) is 5.88 Å². The van der Waals surface area contributed by atoms with Crippen LogP contribution in [-0.2, 0) is 6.61 Å². The minimum atomic E-state index is 0.492. The number of ether oxygens (including phenoxy) is 1. The van der Waals surface area contributed by atoms with Gasteiger partial charge >= 0.3 is 0 Å². The van der Waals surface area contributed by atoms with Crippen LogP contribution in [-0.4, -0.2) is 11.3 Å². The van der Waals surface area contributed by atoms with Gasteiger partial charge in [0.15, 0.2) is 0 Å². The standard InChI is InChI=1S/C17H13NO2/c19-11-14-6-8-16-15(10-14)7-9-17(18-16)20-12-13-4-2-1-3-5-13/h1-11H,12H2. The van der Waals surface area contributed by atoms with Crippen molar-refractivity contribution in [1.82, 2.24) is 4.98 Å². The lowest BCUT2D eigenvalue weighted by atomic mass is 10.1. The first-order valence-electron chi connectivity index (χ1n) is 6.38. The predicted octanol–water partition coefficient (Wildman–Crippen LogP) is 3.63. The molecule has 0 N–H and O–H groups in total. The molecule has 0 bridgehead atoms. The summed E-state index contributed by atoms with van der Waals surface area (Å²) in [6.45, 7) is 0.492. The van der Waals surface area contributed by atoms with E-state index in [2.05, 4.69) is 4.98 Å². The van der Waals surface area contributed by atoms with E-state index in [1.807, 2.05) is 54.6 Å². The summed E-state index contributed by atoms with van der Waals surface area (Å²) in [6, 6.07) is 19.1. The second kappa shape index (κ2) is 5.53. The molecule has 0 spiro atoms. The molecule has 0 unspecified atom stereocenters. The van der Waals surface area contributed by atoms with Gasteiger partial charge in [-0.2, -0.15) is 0 Å². The van der Waals surface area contributed by atoms with Crippen LogP contribution in [0.2, 0.25) is 0 Å². The van der Waals surface area contributed by atoms with Crippen molar-refractivity contribution in [3.05, 3.63) is 71.8 Å². The Bertz CT molecular complexity index is 738. The van der Waals surface area contributed by atoms with E-state index in [0.717, 1.165) is 22.8 Å². The van der Waals surface area contributed by atoms with Crippen LogP contribution in [0.3, 0.4) is 0 Å². The van der Waals surface area contributed by atoms with Crippen LogP contribution in [0.15, 0.2) is 60.7 Å². The summed E-state index contributed by atoms with van der Waals surface area (Å²) in [7, 11) is 0. The van der Waals surface area contributed by atoms with Crippen LogP contribution < -0.4 is 4.74 Å². The van der Waals surface area contributed by atoms with Crippen LogP contribution in [0, 0.1) is 0 Å². The Kier molecular flexibility index (Phi) is 3.42. The Morgan fingerprint density at radius 3 is 2.65 bits per heavy atom. The van der Waals surface area contributed by atoms with Gasteiger partial charge < -0.3 is 4.74 Å². The highest BCUT2D eigenvalue weighted by atomic mass is 16.5. The quantitative estimate of drug-likeness (QED) is 0.675. The molecule has 0 radical (unpaired) electrons. The van der Waals surface area contributed by atoms with Gasteiger partial charge in [0, 0.05) is 17.0 Å². The number of hydrogen-bond acceptors (Lipinski definition) is 3. The fourth-order valence-corrected chi connectivity index (χ4v) is 2.01. The molecular formula is C17H13NO2. The van der Waals surface area contributed by atoms with Crippen molar-refractivity contribution in [2.45, 2.75) is 6.61 Å². The third-order valence-electron chi connectivity index (χ3n) is 3.05. The smallest absolute Gasteiger partial charge is 0.214 e. The van der Waals surface area contributed by atoms with Gasteiger partial charge in [-0.05, 0) is 29.8 Å². The lowest BCUT2D eigenvalue weighted by Crippen LogP contribution is -1.97. The zero-order chi connectivity index (χ0) is 13.8. The van der Waals surface area contributed by atoms with Crippen LogP contribution in [0.4, 0.5) is 0 Å². The number of nitrogens with zero attached hydrogens (tertiary/aromatic N) is 1. The predicted molar refractivity (Wildman–Crippen MR) is 77.9 cm³/mol. The summed E-state index contributed by atoms with van der Waals surface area (Å²) in [5.74, 6) is 0.584. The van der Waals surface area contributed by atoms with Gasteiger partial charge in [-0.15, -0.1) is 0 Å². The minimum absolute atomic E-state index is 0.492. The van der Waals surface area contributed by atoms with E-state index in [1.54, 1.807) is 6.07 Å². The average Bonchev–Trinajstić information content (AvgIpc) is 2.53. The molecule has 0 aliphatic rings. The van der Waals surface area contributed by atoms with E-state index >= 15 is 0 Å². The van der Waals surface area contributed by atoms with Crippen molar-refractivity contribution in [2.24, 2.45) is 0 Å². The summed E-state index contributed by atoms with van der Waals surface area (Å²) in [4.78, 5) is 15.2. The van der Waals surface area contributed by atoms with E-state index in [0.29, 0.717) is 18.1 Å². The first-order valence-corrected chi connectivity index (χ1v) is 6.38. The molecule has 0 atom stereocenters. The van der Waals surface area contributed by atoms with Crippen molar-refractivity contribution < 1.29 is 9.53 Å². The first kappa shape index (κ1) is 12.4. The zero-order valence-corrected chi connectivity index (χ0v) is 10.8. The van der Waals surface area contributed by atoms with Crippen LogP contribution in [0.25, 0.3) is 10.9 Å². The van der Waals surface area contributed by atoms with Gasteiger partial charge in [0.25, 0.3) is 0 Å². The second-order valence-corrected chi connectivity index (χ2v) is 4.49. The SMILES string of the molecule is O=Cc1ccc2nc(OCc3ccccc3)ccc2c1. The summed E-state index contributed by atoms with van der Waals surface area (Å²) in [5.41, 5.74) is 2.57. The third-order valence-corrected chi connectivity index (χ3v) is 3.05. The topological polar surface area (TPSA) is 39.2 Å². The Hall–Kier alpha value is -2.68. The molecule has 3 nitrogen and oxygen atoms in total. The van der Waals surface area contributed by atoms with Gasteiger partial charge in [0.05, 0.1) is 5.52 Å². The van der Waals surface area contributed by atoms with Crippen molar-refractivity contribution in [3.8, 4) is 5.88 Å². The van der Waals surface area contributed by atoms with Crippen LogP contribution in [0.5, 0.6) is 5.88 Å². The normalized spacial score (nSPS) is 10.4. The molecule has 0 saturated carbocycles. The van der Waals surface area contributed by atoms with Crippen molar-refractivity contribution in [1.29, 1.82) is 0 Å². The number of carbonyl (C=O) groups excluding carboxylic acids is 1. The average molecular weight is 263 g/mol. The second-order valence-electron chi connectivity index (χ2n) is 4.49. The molecule has 0 aliphatic heterocycles. The Morgan fingerprint density at radius 1 is 1.00 bits per heavy atom. The molecule has 3 heteroatoms. The van der Waals surface area contributed by atoms with E-state index in [4.69, 9.17) is 4.74 Å². The zero-order valence-electron chi connectivity index (χ0n) is 10.8. The molecule has 3 aromatic rings. The van der Waals surface area contributed by atoms with Crippen molar-refractivity contribution in [3.63, 3.8) is 0 Å². The molecule has 98 valence electrons. The van der Waals surface area contributed by atoms with Crippen LogP contribution in [0.1, 0.15) is 15.9 Å². The molecule has 1 heterocycles. The number of aromatic nitrogens is 1. The highest BCUT2D eigenvalue weighted by Crippen LogP contribution is 2.18. The number of fused-ring (bicyclic) bond motifs is 1. The molecular weight excluding hydrogens is 250 g/mol. The molecule has 0 saturated heterocycles. The van der Waals surface area contributed by atoms with Gasteiger partial charge in [-0.3, -0.25) is 4.79 Å². The highest BCUT2D eigenvalue weighted by Gasteiger charge is 2.01. The summed E-state index contributed by atoms with van der Waals surface area (Å²) >= 11 is 0. The summed E-state index contributed by atoms with van der Waals surface area (Å²) < 4.78 is 5.68. The Morgan fingerprint density at radius 2 is 1.85 bits per heavy atom. The summed E-state index contributed by atoms with van der Waals surface area (Å²) in [6.07, 6.45) is 0.833. The fraction of sp³-hybridized carbons (Fsp3) is 0.0588. The number of rotatable bonds is 4. The van der Waals surface area contributed by atoms with Crippen molar-refractivity contribution in [2.75, 3.05) is 0 Å². The first-order chi connectivity index (χ1) is 9.85. The molecule has 0 fully saturated rings. The lowest BCUT2D eigenvalue weighted by Gasteiger charge is -2.06. The van der Waals surface area contributed by atoms with Gasteiger partial charge in [-0.1, -0.05) is 30.3 Å². The molecule has 0 amide bonds. The maximum absolute atomic E-state index is 10.7. The van der Waals surface area contributed by atoms with Crippen molar-refractivity contribution >= 4 is 17.2 Å². The van der Waals surface area contributed by atoms with E-state index < -0.39 is 0 Å². The number of carbonyl (C=O) groups is 1.